The average molecular weight is 506 g/mol. The van der Waals surface area contributed by atoms with Gasteiger partial charge in [0.2, 0.25) is 5.91 Å². The molecule has 5 nitrogen and oxygen atoms in total. The zero-order valence-corrected chi connectivity index (χ0v) is 20.6. The molecule has 35 heavy (non-hydrogen) atoms. The summed E-state index contributed by atoms with van der Waals surface area (Å²) in [7, 11) is 0. The van der Waals surface area contributed by atoms with Crippen LogP contribution in [0, 0.1) is 5.92 Å². The first-order valence-corrected chi connectivity index (χ1v) is 12.4. The number of H-pyrrole nitrogens is 1. The van der Waals surface area contributed by atoms with Crippen LogP contribution in [-0.2, 0) is 11.3 Å². The van der Waals surface area contributed by atoms with E-state index < -0.39 is 0 Å². The maximum atomic E-state index is 13.4. The topological polar surface area (TPSA) is 65.2 Å². The first kappa shape index (κ1) is 23.5. The molecule has 1 aliphatic rings. The Hall–Kier alpha value is -3.28. The third-order valence-electron chi connectivity index (χ3n) is 6.50. The van der Waals surface area contributed by atoms with Gasteiger partial charge in [-0.3, -0.25) is 9.59 Å². The molecular formula is C28H25Cl2N3O2. The number of fused-ring (bicyclic) bond motifs is 1. The monoisotopic (exact) mass is 505 g/mol. The Morgan fingerprint density at radius 2 is 1.74 bits per heavy atom. The van der Waals surface area contributed by atoms with Crippen LogP contribution in [0.5, 0.6) is 0 Å². The molecule has 1 fully saturated rings. The van der Waals surface area contributed by atoms with Gasteiger partial charge < -0.3 is 15.2 Å². The number of benzene rings is 3. The van der Waals surface area contributed by atoms with E-state index in [2.05, 4.69) is 15.2 Å². The fraction of sp³-hybridized carbons (Fsp3) is 0.214. The summed E-state index contributed by atoms with van der Waals surface area (Å²) in [6.45, 7) is 1.62. The number of rotatable bonds is 5. The summed E-state index contributed by atoms with van der Waals surface area (Å²) in [5, 5.41) is 5.20. The average Bonchev–Trinajstić information content (AvgIpc) is 2.88. The number of carbonyl (C=O) groups is 1. The Balaban J connectivity index is 1.46. The van der Waals surface area contributed by atoms with Crippen LogP contribution in [0.1, 0.15) is 18.4 Å². The minimum absolute atomic E-state index is 0.00817. The van der Waals surface area contributed by atoms with Crippen LogP contribution >= 0.6 is 23.2 Å². The lowest BCUT2D eigenvalue weighted by Crippen LogP contribution is -2.44. The van der Waals surface area contributed by atoms with Crippen LogP contribution in [0.2, 0.25) is 10.0 Å². The maximum absolute atomic E-state index is 13.4. The van der Waals surface area contributed by atoms with Gasteiger partial charge in [-0.1, -0.05) is 65.7 Å². The van der Waals surface area contributed by atoms with Gasteiger partial charge in [-0.2, -0.15) is 0 Å². The lowest BCUT2D eigenvalue weighted by atomic mass is 9.94. The van der Waals surface area contributed by atoms with Gasteiger partial charge in [0.1, 0.15) is 5.69 Å². The van der Waals surface area contributed by atoms with Crippen LogP contribution in [-0.4, -0.2) is 24.0 Å². The second-order valence-corrected chi connectivity index (χ2v) is 9.74. The van der Waals surface area contributed by atoms with Gasteiger partial charge in [-0.05, 0) is 54.3 Å². The molecule has 1 aromatic heterocycles. The number of aromatic nitrogens is 1. The third-order valence-corrected chi connectivity index (χ3v) is 6.99. The molecule has 0 aliphatic carbocycles. The maximum Gasteiger partial charge on any atom is 0.272 e. The normalized spacial score (nSPS) is 15.8. The van der Waals surface area contributed by atoms with Crippen molar-refractivity contribution >= 4 is 45.7 Å². The molecule has 2 heterocycles. The molecule has 178 valence electrons. The van der Waals surface area contributed by atoms with Gasteiger partial charge in [-0.25, -0.2) is 0 Å². The Morgan fingerprint density at radius 1 is 1.00 bits per heavy atom. The first-order chi connectivity index (χ1) is 17.0. The highest BCUT2D eigenvalue weighted by atomic mass is 35.5. The van der Waals surface area contributed by atoms with Crippen molar-refractivity contribution in [2.45, 2.75) is 19.4 Å². The highest BCUT2D eigenvalue weighted by molar-refractivity contribution is 6.31. The molecule has 2 N–H and O–H groups in total. The van der Waals surface area contributed by atoms with E-state index in [-0.39, 0.29) is 17.4 Å². The van der Waals surface area contributed by atoms with E-state index in [4.69, 9.17) is 23.2 Å². The van der Waals surface area contributed by atoms with Crippen molar-refractivity contribution in [1.29, 1.82) is 0 Å². The number of pyridine rings is 1. The molecule has 1 saturated heterocycles. The summed E-state index contributed by atoms with van der Waals surface area (Å²) in [5.41, 5.74) is 3.92. The van der Waals surface area contributed by atoms with Gasteiger partial charge in [-0.15, -0.1) is 0 Å². The molecule has 0 unspecified atom stereocenters. The van der Waals surface area contributed by atoms with E-state index >= 15 is 0 Å². The lowest BCUT2D eigenvalue weighted by Gasteiger charge is -2.34. The largest absolute Gasteiger partial charge is 0.366 e. The summed E-state index contributed by atoms with van der Waals surface area (Å²) in [5.74, 6) is -0.222. The Morgan fingerprint density at radius 3 is 2.51 bits per heavy atom. The second-order valence-electron chi connectivity index (χ2n) is 8.86. The molecule has 1 atom stereocenters. The van der Waals surface area contributed by atoms with Crippen LogP contribution in [0.15, 0.2) is 77.6 Å². The Kier molecular flexibility index (Phi) is 6.80. The van der Waals surface area contributed by atoms with Crippen LogP contribution < -0.4 is 15.8 Å². The molecular weight excluding hydrogens is 481 g/mol. The number of halogens is 2. The molecule has 3 aromatic carbocycles. The zero-order chi connectivity index (χ0) is 24.4. The highest BCUT2D eigenvalue weighted by Crippen LogP contribution is 2.37. The van der Waals surface area contributed by atoms with Crippen molar-refractivity contribution in [2.24, 2.45) is 5.92 Å². The number of hydrogen-bond acceptors (Lipinski definition) is 3. The van der Waals surface area contributed by atoms with E-state index in [0.29, 0.717) is 35.4 Å². The number of amides is 1. The number of hydrogen-bond donors (Lipinski definition) is 2. The van der Waals surface area contributed by atoms with Crippen LogP contribution in [0.4, 0.5) is 5.69 Å². The van der Waals surface area contributed by atoms with Gasteiger partial charge in [0.05, 0.1) is 5.92 Å². The summed E-state index contributed by atoms with van der Waals surface area (Å²) >= 11 is 12.3. The minimum Gasteiger partial charge on any atom is -0.366 e. The molecule has 0 radical (unpaired) electrons. The summed E-state index contributed by atoms with van der Waals surface area (Å²) in [6.07, 6.45) is 1.60. The number of piperidine rings is 1. The number of carbonyl (C=O) groups excluding carboxylic acids is 1. The third kappa shape index (κ3) is 5.07. The zero-order valence-electron chi connectivity index (χ0n) is 19.1. The predicted molar refractivity (Wildman–Crippen MR) is 143 cm³/mol. The van der Waals surface area contributed by atoms with Gasteiger partial charge in [0.25, 0.3) is 5.56 Å². The Bertz CT molecular complexity index is 1420. The molecule has 0 spiro atoms. The fourth-order valence-corrected chi connectivity index (χ4v) is 5.08. The summed E-state index contributed by atoms with van der Waals surface area (Å²) < 4.78 is 0. The lowest BCUT2D eigenvalue weighted by molar-refractivity contribution is -0.125. The number of aromatic amines is 1. The van der Waals surface area contributed by atoms with Crippen molar-refractivity contribution in [2.75, 3.05) is 18.0 Å². The van der Waals surface area contributed by atoms with E-state index in [1.54, 1.807) is 6.07 Å². The molecule has 1 aliphatic heterocycles. The predicted octanol–water partition coefficient (Wildman–Crippen LogP) is 6.03. The van der Waals surface area contributed by atoms with E-state index in [0.717, 1.165) is 40.4 Å². The molecule has 0 saturated carbocycles. The van der Waals surface area contributed by atoms with Crippen molar-refractivity contribution in [1.82, 2.24) is 10.3 Å². The van der Waals surface area contributed by atoms with E-state index in [9.17, 15) is 9.59 Å². The van der Waals surface area contributed by atoms with Gasteiger partial charge in [0.15, 0.2) is 0 Å². The molecule has 5 rings (SSSR count). The number of nitrogens with zero attached hydrogens (tertiary/aromatic N) is 1. The molecule has 1 amide bonds. The summed E-state index contributed by atoms with van der Waals surface area (Å²) in [4.78, 5) is 31.5. The van der Waals surface area contributed by atoms with Crippen LogP contribution in [0.3, 0.4) is 0 Å². The van der Waals surface area contributed by atoms with Crippen molar-refractivity contribution < 1.29 is 4.79 Å². The minimum atomic E-state index is -0.214. The van der Waals surface area contributed by atoms with E-state index in [1.807, 2.05) is 66.7 Å². The SMILES string of the molecule is O=C(NCc1ccc(Cl)cc1)[C@@H]1CCCN(c2c(-c3ccccc3)c3cc(Cl)ccc3[nH]c2=O)C1. The molecule has 7 heteroatoms. The first-order valence-electron chi connectivity index (χ1n) is 11.7. The number of anilines is 1. The highest BCUT2D eigenvalue weighted by Gasteiger charge is 2.29. The fourth-order valence-electron chi connectivity index (χ4n) is 4.78. The van der Waals surface area contributed by atoms with Gasteiger partial charge >= 0.3 is 0 Å². The Labute approximate surface area is 213 Å². The second kappa shape index (κ2) is 10.1. The van der Waals surface area contributed by atoms with Crippen molar-refractivity contribution in [3.8, 4) is 11.1 Å². The van der Waals surface area contributed by atoms with E-state index in [1.165, 1.54) is 0 Å². The molecule has 4 aromatic rings. The van der Waals surface area contributed by atoms with Crippen molar-refractivity contribution in [3.05, 3.63) is 98.8 Å². The summed E-state index contributed by atoms with van der Waals surface area (Å²) in [6, 6.07) is 22.8. The smallest absolute Gasteiger partial charge is 0.272 e. The molecule has 0 bridgehead atoms. The quantitative estimate of drug-likeness (QED) is 0.347. The van der Waals surface area contributed by atoms with Crippen LogP contribution in [0.25, 0.3) is 22.0 Å². The van der Waals surface area contributed by atoms with Gasteiger partial charge in [0, 0.05) is 46.1 Å². The standard InChI is InChI=1S/C28H25Cl2N3O2/c29-21-10-8-18(9-11-21)16-31-27(34)20-7-4-14-33(17-20)26-25(19-5-2-1-3-6-19)23-15-22(30)12-13-24(23)32-28(26)35/h1-3,5-6,8-13,15,20H,4,7,14,16-17H2,(H,31,34)(H,32,35)/t20-/m1/s1. The number of nitrogens with one attached hydrogen (secondary N) is 2. The van der Waals surface area contributed by atoms with Crippen molar-refractivity contribution in [3.63, 3.8) is 0 Å².